The molecule has 0 unspecified atom stereocenters. The second kappa shape index (κ2) is 15.4. The lowest BCUT2D eigenvalue weighted by Gasteiger charge is -2.14. The molecule has 0 saturated carbocycles. The third kappa shape index (κ3) is 7.92. The van der Waals surface area contributed by atoms with Gasteiger partial charge in [0.2, 0.25) is 0 Å². The number of aryl methyl sites for hydroxylation is 1. The number of ether oxygens (including phenoxy) is 8. The van der Waals surface area contributed by atoms with E-state index in [1.54, 1.807) is 12.1 Å². The summed E-state index contributed by atoms with van der Waals surface area (Å²) < 4.78 is 47.9. The van der Waals surface area contributed by atoms with Gasteiger partial charge in [-0.05, 0) is 48.5 Å². The highest BCUT2D eigenvalue weighted by Gasteiger charge is 2.12. The average molecular weight is 580 g/mol. The van der Waals surface area contributed by atoms with Crippen LogP contribution in [0.2, 0.25) is 0 Å². The van der Waals surface area contributed by atoms with E-state index in [1.165, 1.54) is 0 Å². The Kier molecular flexibility index (Phi) is 10.9. The van der Waals surface area contributed by atoms with Crippen molar-refractivity contribution in [2.24, 2.45) is 7.05 Å². The molecule has 1 aromatic heterocycles. The molecule has 0 atom stereocenters. The van der Waals surface area contributed by atoms with Gasteiger partial charge >= 0.3 is 0 Å². The predicted molar refractivity (Wildman–Crippen MR) is 158 cm³/mol. The summed E-state index contributed by atoms with van der Waals surface area (Å²) in [5.41, 5.74) is 1.58. The number of fused-ring (bicyclic) bond motifs is 3. The van der Waals surface area contributed by atoms with Gasteiger partial charge in [0, 0.05) is 17.8 Å². The Morgan fingerprint density at radius 2 is 0.881 bits per heavy atom. The molecule has 10 heteroatoms. The molecule has 0 radical (unpaired) electrons. The second-order valence-electron chi connectivity index (χ2n) is 9.54. The van der Waals surface area contributed by atoms with Gasteiger partial charge in [-0.1, -0.05) is 12.1 Å². The maximum Gasteiger partial charge on any atom is 0.197 e. The van der Waals surface area contributed by atoms with Gasteiger partial charge in [-0.15, -0.1) is 0 Å². The zero-order valence-electron chi connectivity index (χ0n) is 23.9. The fraction of sp³-hybridized carbons (Fsp3) is 0.406. The molecule has 0 spiro atoms. The van der Waals surface area contributed by atoms with E-state index in [0.29, 0.717) is 113 Å². The largest absolute Gasteiger partial charge is 0.491 e. The molecule has 0 N–H and O–H groups in total. The van der Waals surface area contributed by atoms with E-state index in [9.17, 15) is 4.79 Å². The van der Waals surface area contributed by atoms with Gasteiger partial charge in [-0.2, -0.15) is 0 Å². The topological polar surface area (TPSA) is 95.8 Å². The van der Waals surface area contributed by atoms with E-state index in [-0.39, 0.29) is 5.43 Å². The Bertz CT molecular complexity index is 1400. The number of pyridine rings is 1. The molecule has 2 heterocycles. The van der Waals surface area contributed by atoms with Gasteiger partial charge in [0.1, 0.15) is 37.9 Å². The third-order valence-electron chi connectivity index (χ3n) is 6.70. The van der Waals surface area contributed by atoms with E-state index in [2.05, 4.69) is 0 Å². The number of nitrogens with zero attached hydrogens (tertiary/aromatic N) is 1. The van der Waals surface area contributed by atoms with Crippen molar-refractivity contribution in [2.45, 2.75) is 0 Å². The lowest BCUT2D eigenvalue weighted by Crippen LogP contribution is -2.14. The number of benzene rings is 3. The summed E-state index contributed by atoms with van der Waals surface area (Å²) in [6.45, 7) is 4.85. The summed E-state index contributed by atoms with van der Waals surface area (Å²) in [7, 11) is 1.94. The van der Waals surface area contributed by atoms with Crippen LogP contribution in [-0.4, -0.2) is 83.8 Å². The van der Waals surface area contributed by atoms with Crippen molar-refractivity contribution >= 4 is 21.8 Å². The van der Waals surface area contributed by atoms with Gasteiger partial charge < -0.3 is 42.5 Å². The third-order valence-corrected chi connectivity index (χ3v) is 6.70. The quantitative estimate of drug-likeness (QED) is 0.287. The van der Waals surface area contributed by atoms with Crippen molar-refractivity contribution in [3.63, 3.8) is 0 Å². The monoisotopic (exact) mass is 579 g/mol. The maximum absolute atomic E-state index is 13.4. The summed E-state index contributed by atoms with van der Waals surface area (Å²) >= 11 is 0. The molecule has 10 nitrogen and oxygen atoms in total. The van der Waals surface area contributed by atoms with Crippen LogP contribution in [0.3, 0.4) is 0 Å². The van der Waals surface area contributed by atoms with E-state index >= 15 is 0 Å². The zero-order valence-corrected chi connectivity index (χ0v) is 23.9. The highest BCUT2D eigenvalue weighted by Crippen LogP contribution is 2.27. The summed E-state index contributed by atoms with van der Waals surface area (Å²) in [5, 5.41) is 1.16. The van der Waals surface area contributed by atoms with Gasteiger partial charge in [-0.3, -0.25) is 4.79 Å². The minimum atomic E-state index is -0.0733. The fourth-order valence-corrected chi connectivity index (χ4v) is 4.62. The van der Waals surface area contributed by atoms with E-state index in [0.717, 1.165) is 11.0 Å². The highest BCUT2D eigenvalue weighted by atomic mass is 16.6. The first-order valence-corrected chi connectivity index (χ1v) is 14.2. The van der Waals surface area contributed by atoms with Gasteiger partial charge in [0.25, 0.3) is 0 Å². The summed E-state index contributed by atoms with van der Waals surface area (Å²) in [6.07, 6.45) is 0. The first kappa shape index (κ1) is 29.7. The number of hydrogen-bond acceptors (Lipinski definition) is 9. The molecule has 4 aromatic rings. The van der Waals surface area contributed by atoms with Crippen LogP contribution in [0.25, 0.3) is 21.8 Å². The van der Waals surface area contributed by atoms with E-state index in [1.807, 2.05) is 60.1 Å². The molecular weight excluding hydrogens is 542 g/mol. The minimum absolute atomic E-state index is 0.0733. The smallest absolute Gasteiger partial charge is 0.197 e. The number of hydrogen-bond donors (Lipinski definition) is 0. The molecule has 5 rings (SSSR count). The Morgan fingerprint density at radius 1 is 0.500 bits per heavy atom. The van der Waals surface area contributed by atoms with Crippen molar-refractivity contribution in [1.82, 2.24) is 4.57 Å². The predicted octanol–water partition coefficient (Wildman–Crippen LogP) is 3.99. The van der Waals surface area contributed by atoms with Crippen molar-refractivity contribution < 1.29 is 37.9 Å². The number of rotatable bonds is 0. The maximum atomic E-state index is 13.4. The molecular formula is C32H37NO9. The fourth-order valence-electron chi connectivity index (χ4n) is 4.62. The van der Waals surface area contributed by atoms with Gasteiger partial charge in [0.15, 0.2) is 16.9 Å². The van der Waals surface area contributed by atoms with Crippen molar-refractivity contribution in [1.29, 1.82) is 0 Å². The van der Waals surface area contributed by atoms with Crippen LogP contribution < -0.4 is 24.4 Å². The van der Waals surface area contributed by atoms with E-state index in [4.69, 9.17) is 37.9 Å². The lowest BCUT2D eigenvalue weighted by atomic mass is 10.1. The standard InChI is InChI=1S/C32H37NO9/c1-33-28-8-6-24-22-26(28)32(34)27-23-25(7-9-29(27)33)40-19-15-36-11-13-38-17-21-42-31-5-3-2-4-30(31)41-20-16-37-12-10-35-14-18-39-24/h2-9,22-23H,10-21H2,1H3. The van der Waals surface area contributed by atoms with Crippen LogP contribution in [0.4, 0.5) is 0 Å². The molecule has 1 aliphatic heterocycles. The average Bonchev–Trinajstić information content (AvgIpc) is 3.01. The molecule has 0 aliphatic carbocycles. The van der Waals surface area contributed by atoms with Crippen LogP contribution in [-0.2, 0) is 26.0 Å². The van der Waals surface area contributed by atoms with Crippen LogP contribution >= 0.6 is 0 Å². The minimum Gasteiger partial charge on any atom is -0.491 e. The second-order valence-corrected chi connectivity index (χ2v) is 9.54. The van der Waals surface area contributed by atoms with Crippen molar-refractivity contribution in [3.05, 3.63) is 70.9 Å². The van der Waals surface area contributed by atoms with Crippen LogP contribution in [0.15, 0.2) is 65.5 Å². The zero-order chi connectivity index (χ0) is 29.0. The first-order valence-electron chi connectivity index (χ1n) is 14.2. The van der Waals surface area contributed by atoms with E-state index < -0.39 is 0 Å². The van der Waals surface area contributed by atoms with Gasteiger partial charge in [-0.25, -0.2) is 0 Å². The highest BCUT2D eigenvalue weighted by molar-refractivity contribution is 5.94. The van der Waals surface area contributed by atoms with Crippen molar-refractivity contribution in [2.75, 3.05) is 79.3 Å². The molecule has 4 bridgehead atoms. The lowest BCUT2D eigenvalue weighted by molar-refractivity contribution is 0.0248. The Balaban J connectivity index is 1.22. The molecule has 3 aromatic carbocycles. The van der Waals surface area contributed by atoms with Gasteiger partial charge in [0.05, 0.1) is 63.9 Å². The number of para-hydroxylation sites is 2. The number of aromatic nitrogens is 1. The first-order chi connectivity index (χ1) is 20.7. The Hall–Kier alpha value is -3.83. The molecule has 1 aliphatic rings. The van der Waals surface area contributed by atoms with Crippen molar-refractivity contribution in [3.8, 4) is 23.0 Å². The Labute approximate surface area is 244 Å². The Morgan fingerprint density at radius 3 is 1.31 bits per heavy atom. The normalized spacial score (nSPS) is 17.0. The van der Waals surface area contributed by atoms with Crippen LogP contribution in [0.1, 0.15) is 0 Å². The molecule has 0 amide bonds. The summed E-state index contributed by atoms with van der Waals surface area (Å²) in [5.74, 6) is 2.53. The molecule has 42 heavy (non-hydrogen) atoms. The van der Waals surface area contributed by atoms with Crippen LogP contribution in [0.5, 0.6) is 23.0 Å². The SMILES string of the molecule is Cn1c2ccc3cc2c(=O)c2cc(ccc21)OCCOCCOCCOc1ccccc1OCCOCCOCCO3. The molecule has 224 valence electrons. The summed E-state index contributed by atoms with van der Waals surface area (Å²) in [4.78, 5) is 13.4. The molecule has 0 fully saturated rings. The van der Waals surface area contributed by atoms with Crippen LogP contribution in [0, 0.1) is 0 Å². The molecule has 0 saturated heterocycles. The summed E-state index contributed by atoms with van der Waals surface area (Å²) in [6, 6.07) is 18.6.